The molecule has 0 aromatic heterocycles. The standard InChI is InChI=1S/C15H18FN3O/c16-13-1-2-15(12(9-13)10-17)19-4-3-14(11-19)18-5-7-20-8-6-18/h1-2,9,14H,3-8,11H2. The quantitative estimate of drug-likeness (QED) is 0.822. The van der Waals surface area contributed by atoms with Crippen LogP contribution in [0, 0.1) is 17.1 Å². The Labute approximate surface area is 118 Å². The van der Waals surface area contributed by atoms with Crippen LogP contribution in [0.2, 0.25) is 0 Å². The molecule has 5 heteroatoms. The molecule has 0 spiro atoms. The average Bonchev–Trinajstić information content (AvgIpc) is 2.97. The molecule has 0 bridgehead atoms. The van der Waals surface area contributed by atoms with Crippen molar-refractivity contribution in [2.45, 2.75) is 12.5 Å². The zero-order chi connectivity index (χ0) is 13.9. The van der Waals surface area contributed by atoms with Crippen molar-refractivity contribution < 1.29 is 9.13 Å². The van der Waals surface area contributed by atoms with Crippen molar-refractivity contribution >= 4 is 5.69 Å². The Hall–Kier alpha value is -1.64. The van der Waals surface area contributed by atoms with Crippen LogP contribution in [0.3, 0.4) is 0 Å². The predicted molar refractivity (Wildman–Crippen MR) is 74.1 cm³/mol. The maximum atomic E-state index is 13.2. The van der Waals surface area contributed by atoms with E-state index in [1.165, 1.54) is 12.1 Å². The Kier molecular flexibility index (Phi) is 3.86. The van der Waals surface area contributed by atoms with Gasteiger partial charge in [-0.2, -0.15) is 5.26 Å². The number of anilines is 1. The molecule has 0 radical (unpaired) electrons. The van der Waals surface area contributed by atoms with E-state index in [1.54, 1.807) is 6.07 Å². The molecule has 1 aromatic carbocycles. The minimum absolute atomic E-state index is 0.353. The fourth-order valence-corrected chi connectivity index (χ4v) is 3.07. The Bertz CT molecular complexity index is 522. The third-order valence-electron chi connectivity index (χ3n) is 4.15. The van der Waals surface area contributed by atoms with Gasteiger partial charge >= 0.3 is 0 Å². The smallest absolute Gasteiger partial charge is 0.124 e. The van der Waals surface area contributed by atoms with Gasteiger partial charge in [-0.1, -0.05) is 0 Å². The number of benzene rings is 1. The van der Waals surface area contributed by atoms with E-state index in [0.29, 0.717) is 11.6 Å². The van der Waals surface area contributed by atoms with Gasteiger partial charge in [0.1, 0.15) is 11.9 Å². The van der Waals surface area contributed by atoms with Crippen LogP contribution in [-0.4, -0.2) is 50.3 Å². The summed E-state index contributed by atoms with van der Waals surface area (Å²) in [5.74, 6) is -0.353. The highest BCUT2D eigenvalue weighted by atomic mass is 19.1. The van der Waals surface area contributed by atoms with E-state index in [9.17, 15) is 4.39 Å². The van der Waals surface area contributed by atoms with Gasteiger partial charge in [0.25, 0.3) is 0 Å². The Morgan fingerprint density at radius 1 is 1.25 bits per heavy atom. The van der Waals surface area contributed by atoms with Crippen LogP contribution in [0.25, 0.3) is 0 Å². The van der Waals surface area contributed by atoms with Gasteiger partial charge in [0.15, 0.2) is 0 Å². The van der Waals surface area contributed by atoms with Gasteiger partial charge in [-0.25, -0.2) is 4.39 Å². The monoisotopic (exact) mass is 275 g/mol. The van der Waals surface area contributed by atoms with Crippen molar-refractivity contribution in [2.24, 2.45) is 0 Å². The van der Waals surface area contributed by atoms with Crippen LogP contribution in [0.4, 0.5) is 10.1 Å². The van der Waals surface area contributed by atoms with Gasteiger partial charge < -0.3 is 9.64 Å². The summed E-state index contributed by atoms with van der Waals surface area (Å²) in [5, 5.41) is 9.15. The first-order chi connectivity index (χ1) is 9.78. The van der Waals surface area contributed by atoms with Gasteiger partial charge in [-0.05, 0) is 24.6 Å². The second-order valence-electron chi connectivity index (χ2n) is 5.31. The van der Waals surface area contributed by atoms with Gasteiger partial charge in [0.2, 0.25) is 0 Å². The number of nitriles is 1. The number of rotatable bonds is 2. The Balaban J connectivity index is 1.72. The molecule has 3 rings (SSSR count). The molecule has 20 heavy (non-hydrogen) atoms. The van der Waals surface area contributed by atoms with Crippen LogP contribution in [0.15, 0.2) is 18.2 Å². The van der Waals surface area contributed by atoms with E-state index in [-0.39, 0.29) is 5.82 Å². The molecule has 1 aromatic rings. The second kappa shape index (κ2) is 5.78. The molecule has 1 atom stereocenters. The summed E-state index contributed by atoms with van der Waals surface area (Å²) in [5.41, 5.74) is 1.28. The van der Waals surface area contributed by atoms with Crippen LogP contribution in [0.1, 0.15) is 12.0 Å². The topological polar surface area (TPSA) is 39.5 Å². The van der Waals surface area contributed by atoms with Crippen LogP contribution < -0.4 is 4.90 Å². The molecule has 106 valence electrons. The number of halogens is 1. The predicted octanol–water partition coefficient (Wildman–Crippen LogP) is 1.61. The minimum atomic E-state index is -0.353. The largest absolute Gasteiger partial charge is 0.379 e. The fourth-order valence-electron chi connectivity index (χ4n) is 3.07. The Morgan fingerprint density at radius 2 is 2.05 bits per heavy atom. The van der Waals surface area contributed by atoms with Crippen molar-refractivity contribution in [2.75, 3.05) is 44.3 Å². The molecule has 0 saturated carbocycles. The van der Waals surface area contributed by atoms with Crippen LogP contribution in [-0.2, 0) is 4.74 Å². The molecular formula is C15H18FN3O. The van der Waals surface area contributed by atoms with Gasteiger partial charge in [-0.15, -0.1) is 0 Å². The number of ether oxygens (including phenoxy) is 1. The lowest BCUT2D eigenvalue weighted by atomic mass is 10.1. The van der Waals surface area contributed by atoms with Crippen LogP contribution >= 0.6 is 0 Å². The lowest BCUT2D eigenvalue weighted by Crippen LogP contribution is -2.44. The second-order valence-corrected chi connectivity index (χ2v) is 5.31. The van der Waals surface area contributed by atoms with Gasteiger partial charge in [0, 0.05) is 32.2 Å². The number of nitrogens with zero attached hydrogens (tertiary/aromatic N) is 3. The molecule has 2 heterocycles. The SMILES string of the molecule is N#Cc1cc(F)ccc1N1CCC(N2CCOCC2)C1. The highest BCUT2D eigenvalue weighted by molar-refractivity contribution is 5.60. The minimum Gasteiger partial charge on any atom is -0.379 e. The van der Waals surface area contributed by atoms with E-state index in [0.717, 1.165) is 51.5 Å². The summed E-state index contributed by atoms with van der Waals surface area (Å²) in [6.07, 6.45) is 1.09. The fraction of sp³-hybridized carbons (Fsp3) is 0.533. The van der Waals surface area contributed by atoms with Crippen molar-refractivity contribution in [1.29, 1.82) is 5.26 Å². The summed E-state index contributed by atoms with van der Waals surface area (Å²) in [4.78, 5) is 4.65. The van der Waals surface area contributed by atoms with Crippen LogP contribution in [0.5, 0.6) is 0 Å². The third kappa shape index (κ3) is 2.62. The molecule has 2 aliphatic rings. The molecule has 0 N–H and O–H groups in total. The van der Waals surface area contributed by atoms with Crippen molar-refractivity contribution in [3.05, 3.63) is 29.6 Å². The first-order valence-corrected chi connectivity index (χ1v) is 7.04. The van der Waals surface area contributed by atoms with E-state index in [1.807, 2.05) is 0 Å². The summed E-state index contributed by atoms with van der Waals surface area (Å²) >= 11 is 0. The molecule has 0 aliphatic carbocycles. The highest BCUT2D eigenvalue weighted by Crippen LogP contribution is 2.27. The van der Waals surface area contributed by atoms with Gasteiger partial charge in [-0.3, -0.25) is 4.90 Å². The number of hydrogen-bond acceptors (Lipinski definition) is 4. The summed E-state index contributed by atoms with van der Waals surface area (Å²) < 4.78 is 18.6. The summed E-state index contributed by atoms with van der Waals surface area (Å²) in [7, 11) is 0. The normalized spacial score (nSPS) is 23.8. The van der Waals surface area contributed by atoms with Crippen molar-refractivity contribution in [3.63, 3.8) is 0 Å². The van der Waals surface area contributed by atoms with E-state index >= 15 is 0 Å². The molecule has 4 nitrogen and oxygen atoms in total. The maximum Gasteiger partial charge on any atom is 0.124 e. The molecule has 2 aliphatic heterocycles. The third-order valence-corrected chi connectivity index (χ3v) is 4.15. The van der Waals surface area contributed by atoms with Crippen molar-refractivity contribution in [1.82, 2.24) is 4.90 Å². The summed E-state index contributed by atoms with van der Waals surface area (Å²) in [6.45, 7) is 5.38. The molecule has 2 fully saturated rings. The first kappa shape index (κ1) is 13.3. The molecule has 2 saturated heterocycles. The number of hydrogen-bond donors (Lipinski definition) is 0. The highest BCUT2D eigenvalue weighted by Gasteiger charge is 2.29. The van der Waals surface area contributed by atoms with E-state index < -0.39 is 0 Å². The lowest BCUT2D eigenvalue weighted by Gasteiger charge is -2.32. The first-order valence-electron chi connectivity index (χ1n) is 7.04. The van der Waals surface area contributed by atoms with E-state index in [4.69, 9.17) is 10.00 Å². The Morgan fingerprint density at radius 3 is 2.80 bits per heavy atom. The van der Waals surface area contributed by atoms with Crippen molar-refractivity contribution in [3.8, 4) is 6.07 Å². The molecule has 1 unspecified atom stereocenters. The maximum absolute atomic E-state index is 13.2. The number of morpholine rings is 1. The molecule has 0 amide bonds. The van der Waals surface area contributed by atoms with Gasteiger partial charge in [0.05, 0.1) is 24.5 Å². The van der Waals surface area contributed by atoms with E-state index in [2.05, 4.69) is 15.9 Å². The average molecular weight is 275 g/mol. The zero-order valence-electron chi connectivity index (χ0n) is 11.4. The summed E-state index contributed by atoms with van der Waals surface area (Å²) in [6, 6.07) is 7.07. The lowest BCUT2D eigenvalue weighted by molar-refractivity contribution is 0.0209. The zero-order valence-corrected chi connectivity index (χ0v) is 11.4. The molecular weight excluding hydrogens is 257 g/mol.